The SMILES string of the molecule is CC.CC.CC.CC.CC.CC.CC.CC.CC.CC.CC.CC.Cc1cc(C)c2c(c1)Cc1ccccc1-2.Cc1ccc2c(c1)-c1cccc(C)c1C2.Cc1ccc2c(c1)Cc1c(C)cccc1-2.Cc1ccc2c(c1)Cc1cc(C)ccc1-2.Cc1cccc2c1Cc1c(C)cccc1-2.Cc1cccc2c1Cc1cccc(C)c1-2. The molecule has 612 valence electrons. The molecule has 0 N–H and O–H groups in total. The van der Waals surface area contributed by atoms with E-state index in [9.17, 15) is 0 Å². The fourth-order valence-corrected chi connectivity index (χ4v) is 15.3. The summed E-state index contributed by atoms with van der Waals surface area (Å²) in [7, 11) is 0. The molecule has 12 aromatic carbocycles. The van der Waals surface area contributed by atoms with Crippen molar-refractivity contribution in [2.24, 2.45) is 0 Å². The molecular formula is C114H156. The summed E-state index contributed by atoms with van der Waals surface area (Å²) in [5.74, 6) is 0. The first-order valence-corrected chi connectivity index (χ1v) is 44.6. The van der Waals surface area contributed by atoms with Crippen LogP contribution in [-0.2, 0) is 38.5 Å². The molecule has 18 rings (SSSR count). The van der Waals surface area contributed by atoms with Crippen LogP contribution in [0, 0.1) is 83.1 Å². The Bertz CT molecular complexity index is 4670. The number of fused-ring (bicyclic) bond motifs is 18. The average molecular weight is 1530 g/mol. The maximum atomic E-state index is 2.32. The van der Waals surface area contributed by atoms with Crippen LogP contribution in [0.2, 0.25) is 0 Å². The van der Waals surface area contributed by atoms with Crippen molar-refractivity contribution in [2.45, 2.75) is 288 Å². The maximum Gasteiger partial charge on any atom is -0.000820 e. The highest BCUT2D eigenvalue weighted by atomic mass is 14.3. The normalized spacial score (nSPS) is 10.4. The summed E-state index contributed by atoms with van der Waals surface area (Å²) in [4.78, 5) is 0. The van der Waals surface area contributed by atoms with E-state index in [2.05, 4.69) is 301 Å². The van der Waals surface area contributed by atoms with Crippen LogP contribution in [0.3, 0.4) is 0 Å². The number of benzene rings is 12. The van der Waals surface area contributed by atoms with E-state index in [1.807, 2.05) is 166 Å². The van der Waals surface area contributed by atoms with Crippen LogP contribution in [0.5, 0.6) is 0 Å². The summed E-state index contributed by atoms with van der Waals surface area (Å²) in [5.41, 5.74) is 52.0. The molecule has 6 aliphatic carbocycles. The number of hydrogen-bond donors (Lipinski definition) is 0. The van der Waals surface area contributed by atoms with E-state index in [-0.39, 0.29) is 0 Å². The monoisotopic (exact) mass is 1530 g/mol. The molecule has 0 aromatic heterocycles. The quantitative estimate of drug-likeness (QED) is 0.142. The molecule has 0 radical (unpaired) electrons. The summed E-state index contributed by atoms with van der Waals surface area (Å²) in [6.45, 7) is 74.3. The molecule has 0 saturated carbocycles. The van der Waals surface area contributed by atoms with E-state index in [1.54, 1.807) is 0 Å². The van der Waals surface area contributed by atoms with Gasteiger partial charge in [-0.3, -0.25) is 0 Å². The van der Waals surface area contributed by atoms with E-state index in [0.29, 0.717) is 0 Å². The number of rotatable bonds is 0. The van der Waals surface area contributed by atoms with Crippen molar-refractivity contribution < 1.29 is 0 Å². The number of aryl methyl sites for hydroxylation is 12. The molecule has 0 atom stereocenters. The highest BCUT2D eigenvalue weighted by Crippen LogP contribution is 2.44. The van der Waals surface area contributed by atoms with E-state index < -0.39 is 0 Å². The summed E-state index contributed by atoms with van der Waals surface area (Å²) in [6, 6.07) is 80.1. The summed E-state index contributed by atoms with van der Waals surface area (Å²) in [6.07, 6.45) is 6.65. The van der Waals surface area contributed by atoms with Gasteiger partial charge in [-0.15, -0.1) is 0 Å². The van der Waals surface area contributed by atoms with Gasteiger partial charge in [0.2, 0.25) is 0 Å². The first-order chi connectivity index (χ1) is 55.5. The van der Waals surface area contributed by atoms with Crippen LogP contribution in [0.4, 0.5) is 0 Å². The second-order valence-corrected chi connectivity index (χ2v) is 26.6. The molecule has 0 nitrogen and oxygen atoms in total. The van der Waals surface area contributed by atoms with Gasteiger partial charge in [-0.2, -0.15) is 0 Å². The van der Waals surface area contributed by atoms with Crippen molar-refractivity contribution in [3.63, 3.8) is 0 Å². The molecule has 0 fully saturated rings. The molecule has 0 heteroatoms. The van der Waals surface area contributed by atoms with Gasteiger partial charge in [-0.05, 0) is 294 Å². The number of hydrogen-bond acceptors (Lipinski definition) is 0. The summed E-state index contributed by atoms with van der Waals surface area (Å²) < 4.78 is 0. The molecule has 12 aromatic rings. The van der Waals surface area contributed by atoms with Crippen molar-refractivity contribution in [2.75, 3.05) is 0 Å². The predicted octanol–water partition coefficient (Wildman–Crippen LogP) is 35.6. The van der Waals surface area contributed by atoms with E-state index in [0.717, 1.165) is 38.5 Å². The lowest BCUT2D eigenvalue weighted by atomic mass is 9.98. The van der Waals surface area contributed by atoms with E-state index in [1.165, 1.54) is 200 Å². The van der Waals surface area contributed by atoms with Crippen molar-refractivity contribution in [3.05, 3.63) is 352 Å². The van der Waals surface area contributed by atoms with Crippen LogP contribution in [0.15, 0.2) is 218 Å². The van der Waals surface area contributed by atoms with Crippen LogP contribution in [0.25, 0.3) is 66.8 Å². The molecule has 114 heavy (non-hydrogen) atoms. The zero-order chi connectivity index (χ0) is 86.5. The van der Waals surface area contributed by atoms with Crippen molar-refractivity contribution in [1.29, 1.82) is 0 Å². The van der Waals surface area contributed by atoms with Crippen LogP contribution < -0.4 is 0 Å². The Hall–Kier alpha value is -9.36. The zero-order valence-corrected chi connectivity index (χ0v) is 79.0. The molecular weight excluding hydrogens is 1370 g/mol. The second-order valence-electron chi connectivity index (χ2n) is 26.6. The molecule has 6 aliphatic rings. The first-order valence-electron chi connectivity index (χ1n) is 44.6. The van der Waals surface area contributed by atoms with Crippen LogP contribution in [-0.4, -0.2) is 0 Å². The largest absolute Gasteiger partial charge is 0.0683 e. The Morgan fingerprint density at radius 2 is 0.404 bits per heavy atom. The smallest absolute Gasteiger partial charge is 0.000820 e. The van der Waals surface area contributed by atoms with Gasteiger partial charge in [0.15, 0.2) is 0 Å². The minimum Gasteiger partial charge on any atom is -0.0683 e. The van der Waals surface area contributed by atoms with E-state index >= 15 is 0 Å². The summed E-state index contributed by atoms with van der Waals surface area (Å²) >= 11 is 0. The highest BCUT2D eigenvalue weighted by Gasteiger charge is 2.25. The first kappa shape index (κ1) is 103. The van der Waals surface area contributed by atoms with E-state index in [4.69, 9.17) is 0 Å². The molecule has 0 heterocycles. The lowest BCUT2D eigenvalue weighted by molar-refractivity contribution is 1.19. The van der Waals surface area contributed by atoms with Gasteiger partial charge in [0.1, 0.15) is 0 Å². The van der Waals surface area contributed by atoms with Crippen LogP contribution >= 0.6 is 0 Å². The predicted molar refractivity (Wildman–Crippen MR) is 521 cm³/mol. The van der Waals surface area contributed by atoms with Gasteiger partial charge < -0.3 is 0 Å². The molecule has 0 amide bonds. The Morgan fingerprint density at radius 1 is 0.140 bits per heavy atom. The Balaban J connectivity index is 0.000000648. The molecule has 0 aliphatic heterocycles. The van der Waals surface area contributed by atoms with Crippen molar-refractivity contribution in [3.8, 4) is 66.8 Å². The average Bonchev–Trinajstić information content (AvgIpc) is 1.71. The standard InChI is InChI=1S/6C15H14.12C2H6/c1-10-5-4-8-13-14(10)9-12-7-3-6-11(2)15(12)13;1-10-3-5-14-12(7-10)9-13-8-11(2)4-6-15(13)14;1-10-5-3-7-12-13-8-4-6-11(2)15(13)9-14(10)12;1-10-6-7-13-12(8-10)9-15-11(2)4-3-5-14(13)15;1-10-6-7-12-9-14-11(2)4-3-5-13(14)15(12)8-10;1-10-7-11(2)15-13(8-10)9-12-5-3-4-6-14(12)15;12*1-2/h6*3-8H,9H2,1-2H3;12*1-2H3. The van der Waals surface area contributed by atoms with Gasteiger partial charge in [-0.1, -0.05) is 412 Å². The fourth-order valence-electron chi connectivity index (χ4n) is 15.3. The molecule has 0 unspecified atom stereocenters. The third kappa shape index (κ3) is 26.1. The molecule has 0 saturated heterocycles. The Morgan fingerprint density at radius 3 is 0.842 bits per heavy atom. The zero-order valence-electron chi connectivity index (χ0n) is 79.0. The fraction of sp³-hybridized carbons (Fsp3) is 0.368. The molecule has 0 bridgehead atoms. The minimum atomic E-state index is 1.11. The second kappa shape index (κ2) is 55.2. The minimum absolute atomic E-state index is 1.11. The Labute approximate surface area is 701 Å². The third-order valence-corrected chi connectivity index (χ3v) is 20.0. The van der Waals surface area contributed by atoms with Gasteiger partial charge in [0.05, 0.1) is 0 Å². The lowest BCUT2D eigenvalue weighted by Crippen LogP contribution is -1.86. The van der Waals surface area contributed by atoms with Gasteiger partial charge in [-0.25, -0.2) is 0 Å². The van der Waals surface area contributed by atoms with Crippen molar-refractivity contribution in [1.82, 2.24) is 0 Å². The van der Waals surface area contributed by atoms with Crippen molar-refractivity contribution >= 4 is 0 Å². The third-order valence-electron chi connectivity index (χ3n) is 20.0. The Kier molecular flexibility index (Phi) is 49.7. The van der Waals surface area contributed by atoms with Gasteiger partial charge >= 0.3 is 0 Å². The maximum absolute atomic E-state index is 2.32. The van der Waals surface area contributed by atoms with Gasteiger partial charge in [0, 0.05) is 0 Å². The molecule has 0 spiro atoms. The van der Waals surface area contributed by atoms with Gasteiger partial charge in [0.25, 0.3) is 0 Å². The lowest BCUT2D eigenvalue weighted by Gasteiger charge is -2.06. The summed E-state index contributed by atoms with van der Waals surface area (Å²) in [5, 5.41) is 0. The highest BCUT2D eigenvalue weighted by molar-refractivity contribution is 5.84. The topological polar surface area (TPSA) is 0 Å². The van der Waals surface area contributed by atoms with Crippen LogP contribution in [0.1, 0.15) is 300 Å².